The third-order valence-corrected chi connectivity index (χ3v) is 4.79. The molecule has 1 aliphatic carbocycles. The molecule has 2 aromatic rings. The first-order valence-electron chi connectivity index (χ1n) is 9.44. The smallest absolute Gasteiger partial charge is 0.276 e. The number of carbonyl (C=O) groups is 2. The SMILES string of the molecule is CCOc1ccc(C(C(=O)NC(C)(C)C)N(C(=O)c2csnn2)C2CC2)cc1. The molecule has 7 nitrogen and oxygen atoms in total. The molecular weight excluding hydrogens is 376 g/mol. The van der Waals surface area contributed by atoms with Gasteiger partial charge in [0.25, 0.3) is 5.91 Å². The number of nitrogens with one attached hydrogen (secondary N) is 1. The molecule has 0 saturated heterocycles. The number of aromatic nitrogens is 2. The number of carbonyl (C=O) groups excluding carboxylic acids is 2. The van der Waals surface area contributed by atoms with Crippen LogP contribution in [0, 0.1) is 0 Å². The van der Waals surface area contributed by atoms with Gasteiger partial charge in [0.2, 0.25) is 5.91 Å². The van der Waals surface area contributed by atoms with E-state index in [-0.39, 0.29) is 23.6 Å². The fourth-order valence-corrected chi connectivity index (χ4v) is 3.46. The maximum absolute atomic E-state index is 13.2. The zero-order valence-corrected chi connectivity index (χ0v) is 17.5. The molecule has 1 atom stereocenters. The van der Waals surface area contributed by atoms with Gasteiger partial charge in [0, 0.05) is 17.0 Å². The highest BCUT2D eigenvalue weighted by atomic mass is 32.1. The van der Waals surface area contributed by atoms with Gasteiger partial charge >= 0.3 is 0 Å². The van der Waals surface area contributed by atoms with Crippen molar-refractivity contribution in [2.45, 2.75) is 58.2 Å². The van der Waals surface area contributed by atoms with Crippen LogP contribution >= 0.6 is 11.5 Å². The molecule has 0 bridgehead atoms. The fraction of sp³-hybridized carbons (Fsp3) is 0.500. The lowest BCUT2D eigenvalue weighted by molar-refractivity contribution is -0.127. The molecule has 1 N–H and O–H groups in total. The van der Waals surface area contributed by atoms with E-state index in [4.69, 9.17) is 4.74 Å². The van der Waals surface area contributed by atoms with Crippen molar-refractivity contribution in [1.82, 2.24) is 19.8 Å². The van der Waals surface area contributed by atoms with Crippen molar-refractivity contribution in [2.24, 2.45) is 0 Å². The van der Waals surface area contributed by atoms with Gasteiger partial charge in [-0.05, 0) is 69.8 Å². The van der Waals surface area contributed by atoms with E-state index in [0.29, 0.717) is 6.61 Å². The average Bonchev–Trinajstić information content (AvgIpc) is 3.31. The third kappa shape index (κ3) is 4.86. The van der Waals surface area contributed by atoms with Crippen LogP contribution < -0.4 is 10.1 Å². The molecule has 150 valence electrons. The number of benzene rings is 1. The highest BCUT2D eigenvalue weighted by Crippen LogP contribution is 2.36. The molecule has 1 aromatic carbocycles. The summed E-state index contributed by atoms with van der Waals surface area (Å²) < 4.78 is 9.31. The van der Waals surface area contributed by atoms with Crippen LogP contribution in [-0.2, 0) is 4.79 Å². The Balaban J connectivity index is 1.98. The Morgan fingerprint density at radius 3 is 2.46 bits per heavy atom. The summed E-state index contributed by atoms with van der Waals surface area (Å²) in [5.74, 6) is 0.258. The zero-order valence-electron chi connectivity index (χ0n) is 16.6. The number of hydrogen-bond donors (Lipinski definition) is 1. The monoisotopic (exact) mass is 402 g/mol. The third-order valence-electron chi connectivity index (χ3n) is 4.29. The van der Waals surface area contributed by atoms with Crippen LogP contribution in [0.15, 0.2) is 29.6 Å². The quantitative estimate of drug-likeness (QED) is 0.769. The second-order valence-corrected chi connectivity index (χ2v) is 8.49. The zero-order chi connectivity index (χ0) is 20.3. The van der Waals surface area contributed by atoms with Gasteiger partial charge in [-0.1, -0.05) is 16.6 Å². The number of amides is 2. The molecule has 28 heavy (non-hydrogen) atoms. The van der Waals surface area contributed by atoms with Crippen LogP contribution in [-0.4, -0.2) is 44.5 Å². The van der Waals surface area contributed by atoms with Crippen molar-refractivity contribution in [3.8, 4) is 5.75 Å². The molecule has 0 radical (unpaired) electrons. The first-order chi connectivity index (χ1) is 13.3. The van der Waals surface area contributed by atoms with Gasteiger partial charge in [0.15, 0.2) is 5.69 Å². The lowest BCUT2D eigenvalue weighted by Gasteiger charge is -2.33. The first-order valence-corrected chi connectivity index (χ1v) is 10.3. The summed E-state index contributed by atoms with van der Waals surface area (Å²) in [6.45, 7) is 8.26. The van der Waals surface area contributed by atoms with E-state index in [1.807, 2.05) is 52.0 Å². The van der Waals surface area contributed by atoms with E-state index in [2.05, 4.69) is 14.9 Å². The Morgan fingerprint density at radius 2 is 1.96 bits per heavy atom. The average molecular weight is 403 g/mol. The van der Waals surface area contributed by atoms with Crippen LogP contribution in [0.5, 0.6) is 5.75 Å². The normalized spacial score (nSPS) is 15.0. The summed E-state index contributed by atoms with van der Waals surface area (Å²) in [7, 11) is 0. The molecular formula is C20H26N4O3S. The van der Waals surface area contributed by atoms with Crippen molar-refractivity contribution in [1.29, 1.82) is 0 Å². The molecule has 1 fully saturated rings. The Morgan fingerprint density at radius 1 is 1.29 bits per heavy atom. The second-order valence-electron chi connectivity index (χ2n) is 7.88. The molecule has 1 unspecified atom stereocenters. The topological polar surface area (TPSA) is 84.4 Å². The van der Waals surface area contributed by atoms with Gasteiger partial charge in [0.1, 0.15) is 11.8 Å². The molecule has 0 aliphatic heterocycles. The van der Waals surface area contributed by atoms with E-state index in [1.165, 1.54) is 0 Å². The van der Waals surface area contributed by atoms with Crippen molar-refractivity contribution >= 4 is 23.3 Å². The summed E-state index contributed by atoms with van der Waals surface area (Å²) in [4.78, 5) is 28.1. The van der Waals surface area contributed by atoms with Crippen molar-refractivity contribution in [2.75, 3.05) is 6.61 Å². The molecule has 8 heteroatoms. The van der Waals surface area contributed by atoms with Crippen molar-refractivity contribution in [3.63, 3.8) is 0 Å². The lowest BCUT2D eigenvalue weighted by atomic mass is 10.0. The predicted molar refractivity (Wildman–Crippen MR) is 107 cm³/mol. The van der Waals surface area contributed by atoms with Gasteiger partial charge < -0.3 is 15.0 Å². The van der Waals surface area contributed by atoms with Crippen molar-refractivity contribution in [3.05, 3.63) is 40.9 Å². The summed E-state index contributed by atoms with van der Waals surface area (Å²) in [5, 5.41) is 8.56. The van der Waals surface area contributed by atoms with E-state index in [0.717, 1.165) is 35.7 Å². The van der Waals surface area contributed by atoms with Gasteiger partial charge in [-0.3, -0.25) is 9.59 Å². The number of nitrogens with zero attached hydrogens (tertiary/aromatic N) is 3. The Hall–Kier alpha value is -2.48. The molecule has 1 aliphatic rings. The lowest BCUT2D eigenvalue weighted by Crippen LogP contribution is -2.50. The molecule has 1 heterocycles. The van der Waals surface area contributed by atoms with Crippen LogP contribution in [0.3, 0.4) is 0 Å². The minimum absolute atomic E-state index is 0.0245. The van der Waals surface area contributed by atoms with Gasteiger partial charge in [-0.2, -0.15) is 0 Å². The highest BCUT2D eigenvalue weighted by Gasteiger charge is 2.43. The summed E-state index contributed by atoms with van der Waals surface area (Å²) in [6.07, 6.45) is 1.75. The molecule has 0 spiro atoms. The minimum atomic E-state index is -0.739. The van der Waals surface area contributed by atoms with E-state index < -0.39 is 11.6 Å². The van der Waals surface area contributed by atoms with Crippen molar-refractivity contribution < 1.29 is 14.3 Å². The molecule has 2 amide bonds. The Kier molecular flexibility index (Phi) is 5.98. The summed E-state index contributed by atoms with van der Waals surface area (Å²) in [6, 6.07) is 6.64. The highest BCUT2D eigenvalue weighted by molar-refractivity contribution is 7.03. The van der Waals surface area contributed by atoms with Crippen LogP contribution in [0.2, 0.25) is 0 Å². The minimum Gasteiger partial charge on any atom is -0.494 e. The van der Waals surface area contributed by atoms with Gasteiger partial charge in [0.05, 0.1) is 6.61 Å². The van der Waals surface area contributed by atoms with Crippen LogP contribution in [0.25, 0.3) is 0 Å². The first kappa shape index (κ1) is 20.3. The standard InChI is InChI=1S/C20H26N4O3S/c1-5-27-15-10-6-13(7-11-15)17(18(25)21-20(2,3)4)24(14-8-9-14)19(26)16-12-28-23-22-16/h6-7,10-12,14,17H,5,8-9H2,1-4H3,(H,21,25). The largest absolute Gasteiger partial charge is 0.494 e. The van der Waals surface area contributed by atoms with Gasteiger partial charge in [-0.15, -0.1) is 5.10 Å². The number of ether oxygens (including phenoxy) is 1. The predicted octanol–water partition coefficient (Wildman–Crippen LogP) is 3.20. The maximum atomic E-state index is 13.2. The van der Waals surface area contributed by atoms with Crippen LogP contribution in [0.4, 0.5) is 0 Å². The van der Waals surface area contributed by atoms with E-state index in [9.17, 15) is 9.59 Å². The van der Waals surface area contributed by atoms with E-state index >= 15 is 0 Å². The van der Waals surface area contributed by atoms with Crippen LogP contribution in [0.1, 0.15) is 62.6 Å². The Bertz CT molecular complexity index is 811. The molecule has 1 saturated carbocycles. The molecule has 1 aromatic heterocycles. The number of rotatable bonds is 7. The maximum Gasteiger partial charge on any atom is 0.276 e. The Labute approximate surface area is 169 Å². The van der Waals surface area contributed by atoms with Gasteiger partial charge in [-0.25, -0.2) is 0 Å². The second kappa shape index (κ2) is 8.26. The molecule has 3 rings (SSSR count). The summed E-state index contributed by atoms with van der Waals surface area (Å²) >= 11 is 1.13. The number of hydrogen-bond acceptors (Lipinski definition) is 6. The van der Waals surface area contributed by atoms with E-state index in [1.54, 1.807) is 10.3 Å². The fourth-order valence-electron chi connectivity index (χ4n) is 3.03. The summed E-state index contributed by atoms with van der Waals surface area (Å²) in [5.41, 5.74) is 0.603.